The van der Waals surface area contributed by atoms with Crippen LogP contribution in [-0.2, 0) is 19.6 Å². The Labute approximate surface area is 168 Å². The van der Waals surface area contributed by atoms with Gasteiger partial charge in [0.25, 0.3) is 5.91 Å². The molecule has 28 heavy (non-hydrogen) atoms. The van der Waals surface area contributed by atoms with Crippen molar-refractivity contribution in [1.29, 1.82) is 0 Å². The SMILES string of the molecule is CC(OC(=O)c1ccc(S(=O)(=O)NC(C)(C)C)cc1)C(=O)N(C(C)C)C(C)C. The molecule has 158 valence electrons. The third-order valence-electron chi connectivity index (χ3n) is 3.84. The predicted octanol–water partition coefficient (Wildman–Crippen LogP) is 2.95. The Morgan fingerprint density at radius 3 is 1.82 bits per heavy atom. The van der Waals surface area contributed by atoms with Crippen LogP contribution >= 0.6 is 0 Å². The van der Waals surface area contributed by atoms with E-state index in [1.807, 2.05) is 27.7 Å². The molecule has 0 bridgehead atoms. The first-order valence-electron chi connectivity index (χ1n) is 9.33. The maximum Gasteiger partial charge on any atom is 0.338 e. The zero-order chi connectivity index (χ0) is 21.9. The highest BCUT2D eigenvalue weighted by molar-refractivity contribution is 7.89. The number of ether oxygens (including phenoxy) is 1. The van der Waals surface area contributed by atoms with Crippen LogP contribution in [0, 0.1) is 0 Å². The second-order valence-electron chi connectivity index (χ2n) is 8.36. The van der Waals surface area contributed by atoms with E-state index in [2.05, 4.69) is 4.72 Å². The van der Waals surface area contributed by atoms with Crippen LogP contribution in [-0.4, -0.2) is 48.9 Å². The highest BCUT2D eigenvalue weighted by atomic mass is 32.2. The van der Waals surface area contributed by atoms with Crippen LogP contribution < -0.4 is 4.72 Å². The van der Waals surface area contributed by atoms with E-state index in [9.17, 15) is 18.0 Å². The number of carbonyl (C=O) groups excluding carboxylic acids is 2. The summed E-state index contributed by atoms with van der Waals surface area (Å²) in [6.07, 6.45) is -0.941. The molecule has 0 saturated heterocycles. The minimum absolute atomic E-state index is 0.0199. The van der Waals surface area contributed by atoms with Crippen molar-refractivity contribution < 1.29 is 22.7 Å². The topological polar surface area (TPSA) is 92.8 Å². The molecule has 0 aromatic heterocycles. The van der Waals surface area contributed by atoms with Gasteiger partial charge in [-0.2, -0.15) is 0 Å². The van der Waals surface area contributed by atoms with Gasteiger partial charge in [0.1, 0.15) is 0 Å². The zero-order valence-corrected chi connectivity index (χ0v) is 18.8. The maximum absolute atomic E-state index is 12.6. The van der Waals surface area contributed by atoms with Gasteiger partial charge < -0.3 is 9.64 Å². The number of carbonyl (C=O) groups is 2. The van der Waals surface area contributed by atoms with E-state index in [-0.39, 0.29) is 28.4 Å². The van der Waals surface area contributed by atoms with Crippen LogP contribution in [0.3, 0.4) is 0 Å². The number of amides is 1. The van der Waals surface area contributed by atoms with Crippen molar-refractivity contribution in [3.63, 3.8) is 0 Å². The van der Waals surface area contributed by atoms with Gasteiger partial charge in [-0.15, -0.1) is 0 Å². The molecule has 1 unspecified atom stereocenters. The molecule has 0 aliphatic rings. The molecular weight excluding hydrogens is 380 g/mol. The van der Waals surface area contributed by atoms with Gasteiger partial charge in [0.2, 0.25) is 10.0 Å². The number of nitrogens with zero attached hydrogens (tertiary/aromatic N) is 1. The lowest BCUT2D eigenvalue weighted by Gasteiger charge is -2.32. The van der Waals surface area contributed by atoms with Crippen molar-refractivity contribution in [1.82, 2.24) is 9.62 Å². The lowest BCUT2D eigenvalue weighted by molar-refractivity contribution is -0.143. The van der Waals surface area contributed by atoms with Crippen molar-refractivity contribution in [2.45, 2.75) is 84.0 Å². The molecule has 0 aliphatic heterocycles. The lowest BCUT2D eigenvalue weighted by Crippen LogP contribution is -2.47. The number of benzene rings is 1. The summed E-state index contributed by atoms with van der Waals surface area (Å²) in [5.74, 6) is -0.951. The van der Waals surface area contributed by atoms with Crippen LogP contribution in [0.4, 0.5) is 0 Å². The fourth-order valence-electron chi connectivity index (χ4n) is 2.83. The molecule has 1 aromatic carbocycles. The molecule has 1 atom stereocenters. The number of hydrogen-bond donors (Lipinski definition) is 1. The maximum atomic E-state index is 12.6. The Balaban J connectivity index is 2.90. The molecule has 7 nitrogen and oxygen atoms in total. The summed E-state index contributed by atoms with van der Waals surface area (Å²) in [5, 5.41) is 0. The highest BCUT2D eigenvalue weighted by Gasteiger charge is 2.28. The summed E-state index contributed by atoms with van der Waals surface area (Å²) >= 11 is 0. The summed E-state index contributed by atoms with van der Waals surface area (Å²) in [7, 11) is -3.69. The number of esters is 1. The van der Waals surface area contributed by atoms with Crippen molar-refractivity contribution in [3.8, 4) is 0 Å². The number of rotatable bonds is 7. The summed E-state index contributed by atoms with van der Waals surface area (Å²) in [4.78, 5) is 26.6. The van der Waals surface area contributed by atoms with Gasteiger partial charge in [-0.05, 0) is 79.7 Å². The summed E-state index contributed by atoms with van der Waals surface area (Å²) < 4.78 is 32.5. The lowest BCUT2D eigenvalue weighted by atomic mass is 10.1. The normalized spacial score (nSPS) is 13.5. The molecule has 0 aliphatic carbocycles. The first-order chi connectivity index (χ1) is 12.7. The number of nitrogens with one attached hydrogen (secondary N) is 1. The molecule has 0 saturated carbocycles. The number of sulfonamides is 1. The molecule has 0 heterocycles. The Morgan fingerprint density at radius 2 is 1.43 bits per heavy atom. The minimum atomic E-state index is -3.69. The van der Waals surface area contributed by atoms with Gasteiger partial charge in [0.15, 0.2) is 6.10 Å². The van der Waals surface area contributed by atoms with Crippen molar-refractivity contribution in [3.05, 3.63) is 29.8 Å². The Morgan fingerprint density at radius 1 is 0.964 bits per heavy atom. The molecule has 1 N–H and O–H groups in total. The Hall–Kier alpha value is -1.93. The molecule has 1 rings (SSSR count). The van der Waals surface area contributed by atoms with Gasteiger partial charge in [-0.25, -0.2) is 17.9 Å². The van der Waals surface area contributed by atoms with Crippen molar-refractivity contribution in [2.75, 3.05) is 0 Å². The first-order valence-corrected chi connectivity index (χ1v) is 10.8. The van der Waals surface area contributed by atoms with E-state index in [1.165, 1.54) is 31.2 Å². The molecule has 1 aromatic rings. The standard InChI is InChI=1S/C20H32N2O5S/c1-13(2)22(14(3)4)18(23)15(5)27-19(24)16-9-11-17(12-10-16)28(25,26)21-20(6,7)8/h9-15,21H,1-8H3. The summed E-state index contributed by atoms with van der Waals surface area (Å²) in [6, 6.07) is 5.39. The molecular formula is C20H32N2O5S. The van der Waals surface area contributed by atoms with Gasteiger partial charge in [-0.3, -0.25) is 4.79 Å². The Kier molecular flexibility index (Phi) is 7.79. The third-order valence-corrected chi connectivity index (χ3v) is 5.61. The Bertz CT molecular complexity index is 785. The molecule has 1 amide bonds. The highest BCUT2D eigenvalue weighted by Crippen LogP contribution is 2.16. The third kappa shape index (κ3) is 6.60. The smallest absolute Gasteiger partial charge is 0.338 e. The van der Waals surface area contributed by atoms with Gasteiger partial charge in [0, 0.05) is 17.6 Å². The van der Waals surface area contributed by atoms with Gasteiger partial charge >= 0.3 is 5.97 Å². The average Bonchev–Trinajstić information content (AvgIpc) is 2.51. The van der Waals surface area contributed by atoms with Gasteiger partial charge in [-0.1, -0.05) is 0 Å². The van der Waals surface area contributed by atoms with Crippen molar-refractivity contribution in [2.24, 2.45) is 0 Å². The molecule has 8 heteroatoms. The van der Waals surface area contributed by atoms with Gasteiger partial charge in [0.05, 0.1) is 10.5 Å². The summed E-state index contributed by atoms with van der Waals surface area (Å²) in [6.45, 7) is 14.4. The van der Waals surface area contributed by atoms with Crippen molar-refractivity contribution >= 4 is 21.9 Å². The van der Waals surface area contributed by atoms with E-state index in [4.69, 9.17) is 4.74 Å². The number of hydrogen-bond acceptors (Lipinski definition) is 5. The fourth-order valence-corrected chi connectivity index (χ4v) is 4.24. The fraction of sp³-hybridized carbons (Fsp3) is 0.600. The van der Waals surface area contributed by atoms with E-state index in [1.54, 1.807) is 25.7 Å². The van der Waals surface area contributed by atoms with E-state index in [0.717, 1.165) is 0 Å². The van der Waals surface area contributed by atoms with E-state index in [0.29, 0.717) is 0 Å². The van der Waals surface area contributed by atoms with E-state index < -0.39 is 27.6 Å². The predicted molar refractivity (Wildman–Crippen MR) is 109 cm³/mol. The second kappa shape index (κ2) is 9.05. The van der Waals surface area contributed by atoms with Crippen LogP contribution in [0.25, 0.3) is 0 Å². The first kappa shape index (κ1) is 24.1. The molecule has 0 spiro atoms. The molecule has 0 fully saturated rings. The molecule has 0 radical (unpaired) electrons. The van der Waals surface area contributed by atoms with Crippen LogP contribution in [0.5, 0.6) is 0 Å². The zero-order valence-electron chi connectivity index (χ0n) is 17.9. The average molecular weight is 413 g/mol. The van der Waals surface area contributed by atoms with Crippen LogP contribution in [0.2, 0.25) is 0 Å². The quantitative estimate of drug-likeness (QED) is 0.695. The van der Waals surface area contributed by atoms with Crippen LogP contribution in [0.1, 0.15) is 65.7 Å². The summed E-state index contributed by atoms with van der Waals surface area (Å²) in [5.41, 5.74) is -0.444. The monoisotopic (exact) mass is 412 g/mol. The second-order valence-corrected chi connectivity index (χ2v) is 10.0. The largest absolute Gasteiger partial charge is 0.449 e. The van der Waals surface area contributed by atoms with Crippen LogP contribution in [0.15, 0.2) is 29.2 Å². The minimum Gasteiger partial charge on any atom is -0.449 e. The van der Waals surface area contributed by atoms with E-state index >= 15 is 0 Å².